The van der Waals surface area contributed by atoms with E-state index in [-0.39, 0.29) is 0 Å². The summed E-state index contributed by atoms with van der Waals surface area (Å²) in [5.74, 6) is 9.34. The molecule has 1 aliphatic carbocycles. The largest absolute Gasteiger partial charge is 0.382 e. The van der Waals surface area contributed by atoms with Gasteiger partial charge in [0.05, 0.1) is 5.69 Å². The SMILES string of the molecule is CSCCCc1nc(C2CCCC2)n(N)c1N. The van der Waals surface area contributed by atoms with Crippen molar-refractivity contribution in [1.82, 2.24) is 9.66 Å². The summed E-state index contributed by atoms with van der Waals surface area (Å²) >= 11 is 1.86. The van der Waals surface area contributed by atoms with Gasteiger partial charge in [0.25, 0.3) is 0 Å². The molecule has 0 unspecified atom stereocenters. The smallest absolute Gasteiger partial charge is 0.145 e. The van der Waals surface area contributed by atoms with Crippen molar-refractivity contribution < 1.29 is 0 Å². The second-order valence-electron chi connectivity index (χ2n) is 4.75. The Morgan fingerprint density at radius 1 is 1.41 bits per heavy atom. The number of aryl methyl sites for hydroxylation is 1. The quantitative estimate of drug-likeness (QED) is 0.624. The molecule has 2 rings (SSSR count). The van der Waals surface area contributed by atoms with Crippen LogP contribution >= 0.6 is 11.8 Å². The monoisotopic (exact) mass is 254 g/mol. The van der Waals surface area contributed by atoms with Crippen molar-refractivity contribution in [2.75, 3.05) is 23.6 Å². The number of nitrogens with two attached hydrogens (primary N) is 2. The molecule has 0 aliphatic heterocycles. The van der Waals surface area contributed by atoms with Crippen LogP contribution in [0.3, 0.4) is 0 Å². The number of nitrogens with zero attached hydrogens (tertiary/aromatic N) is 2. The number of aromatic nitrogens is 2. The minimum absolute atomic E-state index is 0.525. The first kappa shape index (κ1) is 12.6. The molecule has 0 amide bonds. The number of imidazole rings is 1. The van der Waals surface area contributed by atoms with E-state index < -0.39 is 0 Å². The topological polar surface area (TPSA) is 69.9 Å². The predicted molar refractivity (Wildman–Crippen MR) is 74.7 cm³/mol. The highest BCUT2D eigenvalue weighted by molar-refractivity contribution is 7.98. The second-order valence-corrected chi connectivity index (χ2v) is 5.74. The molecule has 4 nitrogen and oxygen atoms in total. The van der Waals surface area contributed by atoms with Crippen LogP contribution in [0.5, 0.6) is 0 Å². The van der Waals surface area contributed by atoms with Crippen LogP contribution in [0.4, 0.5) is 5.82 Å². The number of anilines is 1. The minimum atomic E-state index is 0.525. The average Bonchev–Trinajstić information content (AvgIpc) is 2.93. The number of hydrogen-bond acceptors (Lipinski definition) is 4. The van der Waals surface area contributed by atoms with E-state index in [0.29, 0.717) is 11.7 Å². The molecule has 0 bridgehead atoms. The molecule has 0 radical (unpaired) electrons. The maximum Gasteiger partial charge on any atom is 0.145 e. The number of hydrogen-bond donors (Lipinski definition) is 2. The van der Waals surface area contributed by atoms with Crippen molar-refractivity contribution >= 4 is 17.6 Å². The van der Waals surface area contributed by atoms with Crippen molar-refractivity contribution in [3.05, 3.63) is 11.5 Å². The zero-order chi connectivity index (χ0) is 12.3. The van der Waals surface area contributed by atoms with Gasteiger partial charge >= 0.3 is 0 Å². The summed E-state index contributed by atoms with van der Waals surface area (Å²) in [6, 6.07) is 0. The molecule has 1 aromatic heterocycles. The van der Waals surface area contributed by atoms with E-state index in [9.17, 15) is 0 Å². The first-order valence-corrected chi connectivity index (χ1v) is 7.74. The fourth-order valence-corrected chi connectivity index (χ4v) is 2.98. The molecule has 17 heavy (non-hydrogen) atoms. The van der Waals surface area contributed by atoms with E-state index in [2.05, 4.69) is 11.2 Å². The van der Waals surface area contributed by atoms with Crippen LogP contribution in [0, 0.1) is 0 Å². The molecule has 96 valence electrons. The van der Waals surface area contributed by atoms with Gasteiger partial charge in [-0.25, -0.2) is 9.66 Å². The Kier molecular flexibility index (Phi) is 4.20. The van der Waals surface area contributed by atoms with E-state index in [4.69, 9.17) is 11.6 Å². The van der Waals surface area contributed by atoms with Crippen LogP contribution in [-0.2, 0) is 6.42 Å². The van der Waals surface area contributed by atoms with Crippen LogP contribution in [0.15, 0.2) is 0 Å². The van der Waals surface area contributed by atoms with Crippen molar-refractivity contribution in [1.29, 1.82) is 0 Å². The molecular formula is C12H22N4S. The van der Waals surface area contributed by atoms with Gasteiger partial charge in [-0.3, -0.25) is 0 Å². The zero-order valence-corrected chi connectivity index (χ0v) is 11.3. The highest BCUT2D eigenvalue weighted by Gasteiger charge is 2.24. The Morgan fingerprint density at radius 2 is 2.12 bits per heavy atom. The summed E-state index contributed by atoms with van der Waals surface area (Å²) < 4.78 is 1.62. The normalized spacial score (nSPS) is 16.8. The number of rotatable bonds is 5. The van der Waals surface area contributed by atoms with Crippen LogP contribution < -0.4 is 11.6 Å². The summed E-state index contributed by atoms with van der Waals surface area (Å²) in [6.45, 7) is 0. The van der Waals surface area contributed by atoms with Gasteiger partial charge in [-0.1, -0.05) is 12.8 Å². The molecule has 5 heteroatoms. The molecule has 1 fully saturated rings. The van der Waals surface area contributed by atoms with Crippen molar-refractivity contribution in [2.45, 2.75) is 44.4 Å². The molecule has 0 saturated heterocycles. The molecule has 1 saturated carbocycles. The summed E-state index contributed by atoms with van der Waals surface area (Å²) in [5, 5.41) is 0. The Labute approximate surface area is 107 Å². The summed E-state index contributed by atoms with van der Waals surface area (Å²) in [5.41, 5.74) is 7.01. The Bertz CT molecular complexity index is 369. The van der Waals surface area contributed by atoms with Gasteiger partial charge in [-0.15, -0.1) is 0 Å². The van der Waals surface area contributed by atoms with Gasteiger partial charge in [-0.2, -0.15) is 11.8 Å². The van der Waals surface area contributed by atoms with Gasteiger partial charge in [0, 0.05) is 5.92 Å². The summed E-state index contributed by atoms with van der Waals surface area (Å²) in [7, 11) is 0. The van der Waals surface area contributed by atoms with E-state index in [1.807, 2.05) is 11.8 Å². The van der Waals surface area contributed by atoms with Crippen molar-refractivity contribution in [3.63, 3.8) is 0 Å². The predicted octanol–water partition coefficient (Wildman–Crippen LogP) is 2.13. The average molecular weight is 254 g/mol. The van der Waals surface area contributed by atoms with Gasteiger partial charge in [-0.05, 0) is 37.7 Å². The lowest BCUT2D eigenvalue weighted by Crippen LogP contribution is -2.17. The van der Waals surface area contributed by atoms with Gasteiger partial charge in [0.15, 0.2) is 0 Å². The summed E-state index contributed by atoms with van der Waals surface area (Å²) in [6.07, 6.45) is 9.17. The molecule has 1 aromatic rings. The fraction of sp³-hybridized carbons (Fsp3) is 0.750. The Balaban J connectivity index is 2.09. The van der Waals surface area contributed by atoms with Gasteiger partial charge in [0.1, 0.15) is 11.6 Å². The second kappa shape index (κ2) is 5.67. The first-order valence-electron chi connectivity index (χ1n) is 6.35. The van der Waals surface area contributed by atoms with Crippen molar-refractivity contribution in [2.24, 2.45) is 0 Å². The third kappa shape index (κ3) is 2.70. The lowest BCUT2D eigenvalue weighted by atomic mass is 10.1. The van der Waals surface area contributed by atoms with Crippen LogP contribution in [0.1, 0.15) is 49.5 Å². The molecule has 4 N–H and O–H groups in total. The van der Waals surface area contributed by atoms with Crippen molar-refractivity contribution in [3.8, 4) is 0 Å². The Morgan fingerprint density at radius 3 is 2.76 bits per heavy atom. The first-order chi connectivity index (χ1) is 8.24. The highest BCUT2D eigenvalue weighted by atomic mass is 32.2. The van der Waals surface area contributed by atoms with Gasteiger partial charge < -0.3 is 11.6 Å². The van der Waals surface area contributed by atoms with Gasteiger partial charge in [0.2, 0.25) is 0 Å². The molecule has 1 heterocycles. The molecule has 1 aliphatic rings. The van der Waals surface area contributed by atoms with E-state index in [1.54, 1.807) is 4.68 Å². The van der Waals surface area contributed by atoms with E-state index >= 15 is 0 Å². The third-order valence-electron chi connectivity index (χ3n) is 3.53. The molecule has 0 spiro atoms. The fourth-order valence-electron chi connectivity index (χ4n) is 2.55. The maximum absolute atomic E-state index is 6.02. The lowest BCUT2D eigenvalue weighted by molar-refractivity contribution is 0.646. The van der Waals surface area contributed by atoms with Crippen LogP contribution in [0.25, 0.3) is 0 Å². The van der Waals surface area contributed by atoms with E-state index in [0.717, 1.165) is 30.1 Å². The third-order valence-corrected chi connectivity index (χ3v) is 4.23. The molecule has 0 aromatic carbocycles. The van der Waals surface area contributed by atoms with Crippen LogP contribution in [-0.4, -0.2) is 21.7 Å². The minimum Gasteiger partial charge on any atom is -0.382 e. The number of thioether (sulfide) groups is 1. The van der Waals surface area contributed by atoms with E-state index in [1.165, 1.54) is 25.7 Å². The van der Waals surface area contributed by atoms with Crippen LogP contribution in [0.2, 0.25) is 0 Å². The zero-order valence-electron chi connectivity index (χ0n) is 10.5. The Hall–Kier alpha value is -0.840. The highest BCUT2D eigenvalue weighted by Crippen LogP contribution is 2.34. The lowest BCUT2D eigenvalue weighted by Gasteiger charge is -2.08. The molecular weight excluding hydrogens is 232 g/mol. The standard InChI is InChI=1S/C12H22N4S/c1-17-8-4-7-10-11(13)16(14)12(15-10)9-5-2-3-6-9/h9H,2-8,13-14H2,1H3. The number of nitrogen functional groups attached to an aromatic ring is 2. The maximum atomic E-state index is 6.02. The molecule has 0 atom stereocenters. The summed E-state index contributed by atoms with van der Waals surface area (Å²) in [4.78, 5) is 4.67.